The highest BCUT2D eigenvalue weighted by Gasteiger charge is 2.13. The van der Waals surface area contributed by atoms with Crippen molar-refractivity contribution < 1.29 is 9.53 Å². The predicted molar refractivity (Wildman–Crippen MR) is 68.8 cm³/mol. The van der Waals surface area contributed by atoms with Crippen molar-refractivity contribution in [1.29, 1.82) is 0 Å². The van der Waals surface area contributed by atoms with E-state index in [2.05, 4.69) is 10.4 Å². The van der Waals surface area contributed by atoms with E-state index in [4.69, 9.17) is 22.7 Å². The van der Waals surface area contributed by atoms with E-state index in [0.29, 0.717) is 24.6 Å². The summed E-state index contributed by atoms with van der Waals surface area (Å²) in [5.41, 5.74) is 6.09. The van der Waals surface area contributed by atoms with E-state index in [1.807, 2.05) is 6.92 Å². The van der Waals surface area contributed by atoms with Crippen LogP contribution in [-0.4, -0.2) is 33.9 Å². The lowest BCUT2D eigenvalue weighted by Crippen LogP contribution is -2.19. The summed E-state index contributed by atoms with van der Waals surface area (Å²) in [5, 5.41) is 6.70. The summed E-state index contributed by atoms with van der Waals surface area (Å²) in [6.07, 6.45) is 1.82. The molecule has 0 aliphatic carbocycles. The Morgan fingerprint density at radius 1 is 1.71 bits per heavy atom. The fourth-order valence-electron chi connectivity index (χ4n) is 1.27. The van der Waals surface area contributed by atoms with Crippen molar-refractivity contribution in [3.63, 3.8) is 0 Å². The third kappa shape index (κ3) is 3.79. The van der Waals surface area contributed by atoms with Crippen LogP contribution in [0.4, 0.5) is 5.82 Å². The van der Waals surface area contributed by atoms with Crippen LogP contribution >= 0.6 is 12.2 Å². The molecule has 0 saturated heterocycles. The molecule has 0 radical (unpaired) electrons. The zero-order valence-electron chi connectivity index (χ0n) is 9.90. The summed E-state index contributed by atoms with van der Waals surface area (Å²) < 4.78 is 6.62. The van der Waals surface area contributed by atoms with Crippen molar-refractivity contribution >= 4 is 28.9 Å². The number of nitrogens with one attached hydrogen (secondary N) is 1. The van der Waals surface area contributed by atoms with Crippen LogP contribution in [0.25, 0.3) is 0 Å². The number of thiocarbonyl (C=S) groups is 1. The summed E-state index contributed by atoms with van der Waals surface area (Å²) in [7, 11) is 1.71. The summed E-state index contributed by atoms with van der Waals surface area (Å²) >= 11 is 4.87. The number of ether oxygens (including phenoxy) is 1. The van der Waals surface area contributed by atoms with E-state index in [-0.39, 0.29) is 17.3 Å². The van der Waals surface area contributed by atoms with Crippen LogP contribution in [0.5, 0.6) is 0 Å². The van der Waals surface area contributed by atoms with Gasteiger partial charge in [0.05, 0.1) is 24.8 Å². The van der Waals surface area contributed by atoms with Crippen molar-refractivity contribution in [2.24, 2.45) is 12.8 Å². The second-order valence-electron chi connectivity index (χ2n) is 3.39. The summed E-state index contributed by atoms with van der Waals surface area (Å²) in [5.74, 6) is 0.360. The molecule has 0 aliphatic rings. The third-order valence-corrected chi connectivity index (χ3v) is 2.36. The van der Waals surface area contributed by atoms with Crippen molar-refractivity contribution in [2.75, 3.05) is 18.5 Å². The summed E-state index contributed by atoms with van der Waals surface area (Å²) in [6, 6.07) is 0. The molecule has 7 heteroatoms. The van der Waals surface area contributed by atoms with Crippen molar-refractivity contribution in [2.45, 2.75) is 13.3 Å². The minimum atomic E-state index is -0.153. The van der Waals surface area contributed by atoms with Crippen LogP contribution in [0.15, 0.2) is 6.20 Å². The van der Waals surface area contributed by atoms with Gasteiger partial charge in [-0.3, -0.25) is 9.48 Å². The number of hydrogen-bond donors (Lipinski definition) is 2. The average Bonchev–Trinajstić information content (AvgIpc) is 2.61. The van der Waals surface area contributed by atoms with Gasteiger partial charge < -0.3 is 15.8 Å². The molecular weight excluding hydrogens is 240 g/mol. The van der Waals surface area contributed by atoms with E-state index in [1.165, 1.54) is 10.9 Å². The van der Waals surface area contributed by atoms with Gasteiger partial charge >= 0.3 is 0 Å². The fourth-order valence-corrected chi connectivity index (χ4v) is 1.42. The highest BCUT2D eigenvalue weighted by molar-refractivity contribution is 7.80. The topological polar surface area (TPSA) is 82.2 Å². The molecule has 0 fully saturated rings. The first-order valence-electron chi connectivity index (χ1n) is 5.25. The Labute approximate surface area is 105 Å². The number of carbonyl (C=O) groups excluding carboxylic acids is 1. The summed E-state index contributed by atoms with van der Waals surface area (Å²) in [6.45, 7) is 2.86. The number of anilines is 1. The van der Waals surface area contributed by atoms with E-state index < -0.39 is 0 Å². The van der Waals surface area contributed by atoms with E-state index in [9.17, 15) is 4.79 Å². The Balaban J connectivity index is 2.64. The van der Waals surface area contributed by atoms with Crippen LogP contribution < -0.4 is 11.1 Å². The number of amides is 1. The predicted octanol–water partition coefficient (Wildman–Crippen LogP) is 0.419. The van der Waals surface area contributed by atoms with Gasteiger partial charge in [-0.15, -0.1) is 0 Å². The van der Waals surface area contributed by atoms with Gasteiger partial charge in [-0.1, -0.05) is 12.2 Å². The lowest BCUT2D eigenvalue weighted by atomic mass is 10.3. The monoisotopic (exact) mass is 256 g/mol. The molecular formula is C10H16N4O2S. The maximum absolute atomic E-state index is 11.6. The molecule has 1 aromatic rings. The first-order valence-corrected chi connectivity index (χ1v) is 5.66. The molecule has 0 bridgehead atoms. The van der Waals surface area contributed by atoms with E-state index in [1.54, 1.807) is 7.05 Å². The number of nitrogens with zero attached hydrogens (tertiary/aromatic N) is 2. The summed E-state index contributed by atoms with van der Waals surface area (Å²) in [4.78, 5) is 11.8. The molecule has 0 aromatic carbocycles. The van der Waals surface area contributed by atoms with Gasteiger partial charge in [-0.25, -0.2) is 0 Å². The lowest BCUT2D eigenvalue weighted by molar-refractivity contribution is -0.117. The largest absolute Gasteiger partial charge is 0.389 e. The van der Waals surface area contributed by atoms with Crippen LogP contribution in [0.1, 0.15) is 18.9 Å². The average molecular weight is 256 g/mol. The molecule has 17 heavy (non-hydrogen) atoms. The van der Waals surface area contributed by atoms with E-state index >= 15 is 0 Å². The maximum Gasteiger partial charge on any atom is 0.227 e. The second kappa shape index (κ2) is 6.31. The van der Waals surface area contributed by atoms with E-state index in [0.717, 1.165) is 0 Å². The molecule has 0 saturated carbocycles. The molecule has 94 valence electrons. The van der Waals surface area contributed by atoms with Crippen LogP contribution in [0.3, 0.4) is 0 Å². The number of aryl methyl sites for hydroxylation is 1. The zero-order chi connectivity index (χ0) is 12.8. The molecule has 0 unspecified atom stereocenters. The molecule has 1 amide bonds. The zero-order valence-corrected chi connectivity index (χ0v) is 10.7. The van der Waals surface area contributed by atoms with Crippen LogP contribution in [0, 0.1) is 0 Å². The Morgan fingerprint density at radius 3 is 3.00 bits per heavy atom. The number of rotatable bonds is 6. The van der Waals surface area contributed by atoms with Gasteiger partial charge in [0.15, 0.2) is 0 Å². The molecule has 3 N–H and O–H groups in total. The molecule has 1 aromatic heterocycles. The minimum absolute atomic E-state index is 0.153. The normalized spacial score (nSPS) is 10.2. The first-order chi connectivity index (χ1) is 8.06. The van der Waals surface area contributed by atoms with Gasteiger partial charge in [-0.05, 0) is 6.92 Å². The molecule has 0 spiro atoms. The fraction of sp³-hybridized carbons (Fsp3) is 0.500. The number of hydrogen-bond acceptors (Lipinski definition) is 4. The number of aromatic nitrogens is 2. The van der Waals surface area contributed by atoms with Gasteiger partial charge in [0.2, 0.25) is 5.91 Å². The van der Waals surface area contributed by atoms with Gasteiger partial charge in [0.1, 0.15) is 10.8 Å². The quantitative estimate of drug-likeness (QED) is 0.569. The second-order valence-corrected chi connectivity index (χ2v) is 3.83. The number of nitrogens with two attached hydrogens (primary N) is 1. The molecule has 0 atom stereocenters. The van der Waals surface area contributed by atoms with Crippen molar-refractivity contribution in [3.8, 4) is 0 Å². The van der Waals surface area contributed by atoms with Gasteiger partial charge in [0.25, 0.3) is 0 Å². The van der Waals surface area contributed by atoms with Crippen molar-refractivity contribution in [1.82, 2.24) is 9.78 Å². The highest BCUT2D eigenvalue weighted by Crippen LogP contribution is 2.13. The Bertz CT molecular complexity index is 416. The smallest absolute Gasteiger partial charge is 0.227 e. The number of carbonyl (C=O) groups is 1. The maximum atomic E-state index is 11.6. The van der Waals surface area contributed by atoms with Crippen LogP contribution in [0.2, 0.25) is 0 Å². The molecule has 0 aliphatic heterocycles. The van der Waals surface area contributed by atoms with Gasteiger partial charge in [0, 0.05) is 13.7 Å². The molecule has 1 rings (SSSR count). The van der Waals surface area contributed by atoms with Crippen molar-refractivity contribution in [3.05, 3.63) is 11.8 Å². The SMILES string of the molecule is CCOCCC(=O)Nc1c(C(N)=S)cnn1C. The minimum Gasteiger partial charge on any atom is -0.389 e. The third-order valence-electron chi connectivity index (χ3n) is 2.14. The van der Waals surface area contributed by atoms with Crippen LogP contribution in [-0.2, 0) is 16.6 Å². The highest BCUT2D eigenvalue weighted by atomic mass is 32.1. The standard InChI is InChI=1S/C10H16N4O2S/c1-3-16-5-4-8(15)13-10-7(9(11)17)6-12-14(10)2/h6H,3-5H2,1-2H3,(H2,11,17)(H,13,15). The Morgan fingerprint density at radius 2 is 2.41 bits per heavy atom. The van der Waals surface area contributed by atoms with Gasteiger partial charge in [-0.2, -0.15) is 5.10 Å². The Kier molecular flexibility index (Phi) is 5.05. The molecule has 6 nitrogen and oxygen atoms in total. The molecule has 1 heterocycles. The lowest BCUT2D eigenvalue weighted by Gasteiger charge is -2.07. The first kappa shape index (κ1) is 13.6. The Hall–Kier alpha value is -1.47.